The van der Waals surface area contributed by atoms with Crippen molar-refractivity contribution in [2.24, 2.45) is 0 Å². The summed E-state index contributed by atoms with van der Waals surface area (Å²) in [6.07, 6.45) is 5.06. The maximum absolute atomic E-state index is 12.7. The third-order valence-corrected chi connectivity index (χ3v) is 6.05. The fourth-order valence-electron chi connectivity index (χ4n) is 2.94. The Hall–Kier alpha value is -2.06. The Balaban J connectivity index is 1.92. The summed E-state index contributed by atoms with van der Waals surface area (Å²) in [6.45, 7) is 0. The number of benzene rings is 2. The molecule has 134 valence electrons. The summed E-state index contributed by atoms with van der Waals surface area (Å²) in [5.41, 5.74) is 2.64. The van der Waals surface area contributed by atoms with Crippen molar-refractivity contribution >= 4 is 31.4 Å². The van der Waals surface area contributed by atoms with Crippen molar-refractivity contribution in [3.8, 4) is 0 Å². The van der Waals surface area contributed by atoms with Gasteiger partial charge in [0.2, 0.25) is 10.0 Å². The van der Waals surface area contributed by atoms with Gasteiger partial charge in [-0.3, -0.25) is 9.44 Å². The van der Waals surface area contributed by atoms with Crippen molar-refractivity contribution in [2.45, 2.75) is 30.6 Å². The van der Waals surface area contributed by atoms with Crippen LogP contribution in [0.3, 0.4) is 0 Å². The molecule has 0 fully saturated rings. The molecule has 2 aromatic carbocycles. The highest BCUT2D eigenvalue weighted by Crippen LogP contribution is 2.28. The molecule has 0 unspecified atom stereocenters. The third kappa shape index (κ3) is 4.32. The van der Waals surface area contributed by atoms with Crippen LogP contribution < -0.4 is 9.44 Å². The van der Waals surface area contributed by atoms with E-state index < -0.39 is 20.0 Å². The molecule has 0 aromatic heterocycles. The van der Waals surface area contributed by atoms with Crippen molar-refractivity contribution in [1.29, 1.82) is 0 Å². The van der Waals surface area contributed by atoms with Gasteiger partial charge in [-0.15, -0.1) is 0 Å². The molecule has 8 heteroatoms. The minimum Gasteiger partial charge on any atom is -0.282 e. The first-order valence-corrected chi connectivity index (χ1v) is 11.3. The molecule has 0 atom stereocenters. The van der Waals surface area contributed by atoms with Crippen molar-refractivity contribution < 1.29 is 16.8 Å². The largest absolute Gasteiger partial charge is 0.282 e. The molecule has 0 saturated heterocycles. The summed E-state index contributed by atoms with van der Waals surface area (Å²) >= 11 is 0. The molecule has 0 bridgehead atoms. The van der Waals surface area contributed by atoms with Crippen LogP contribution in [-0.2, 0) is 32.9 Å². The average molecular weight is 380 g/mol. The fraction of sp³-hybridized carbons (Fsp3) is 0.294. The third-order valence-electron chi connectivity index (χ3n) is 4.10. The molecule has 1 aliphatic carbocycles. The highest BCUT2D eigenvalue weighted by Gasteiger charge is 2.19. The molecular weight excluding hydrogens is 360 g/mol. The van der Waals surface area contributed by atoms with Crippen molar-refractivity contribution in [3.63, 3.8) is 0 Å². The molecule has 0 spiro atoms. The quantitative estimate of drug-likeness (QED) is 0.834. The van der Waals surface area contributed by atoms with Gasteiger partial charge in [0, 0.05) is 0 Å². The lowest BCUT2D eigenvalue weighted by molar-refractivity contribution is 0.599. The van der Waals surface area contributed by atoms with Crippen molar-refractivity contribution in [2.75, 3.05) is 15.7 Å². The van der Waals surface area contributed by atoms with Gasteiger partial charge in [0.25, 0.3) is 10.0 Å². The van der Waals surface area contributed by atoms with Crippen LogP contribution in [0.4, 0.5) is 11.4 Å². The standard InChI is InChI=1S/C17H20N2O4S2/c1-24(20,21)18-16-8-4-5-9-17(16)19-25(22,23)15-11-10-13-6-2-3-7-14(13)12-15/h4-5,8-12,18-19H,2-3,6-7H2,1H3. The topological polar surface area (TPSA) is 92.3 Å². The van der Waals surface area contributed by atoms with Crippen molar-refractivity contribution in [3.05, 3.63) is 53.6 Å². The summed E-state index contributed by atoms with van der Waals surface area (Å²) in [7, 11) is -7.33. The van der Waals surface area contributed by atoms with Crippen LogP contribution in [0.2, 0.25) is 0 Å². The summed E-state index contributed by atoms with van der Waals surface area (Å²) in [4.78, 5) is 0.183. The van der Waals surface area contributed by atoms with Gasteiger partial charge in [0.05, 0.1) is 22.5 Å². The van der Waals surface area contributed by atoms with Gasteiger partial charge in [-0.05, 0) is 61.1 Å². The zero-order valence-corrected chi connectivity index (χ0v) is 15.5. The van der Waals surface area contributed by atoms with Gasteiger partial charge in [0.1, 0.15) is 0 Å². The van der Waals surface area contributed by atoms with Crippen LogP contribution in [0, 0.1) is 0 Å². The Morgan fingerprint density at radius 2 is 1.40 bits per heavy atom. The second-order valence-electron chi connectivity index (χ2n) is 6.16. The Morgan fingerprint density at radius 1 is 0.800 bits per heavy atom. The number of hydrogen-bond acceptors (Lipinski definition) is 4. The summed E-state index contributed by atoms with van der Waals surface area (Å²) in [6, 6.07) is 11.5. The SMILES string of the molecule is CS(=O)(=O)Nc1ccccc1NS(=O)(=O)c1ccc2c(c1)CCCC2. The number of nitrogens with one attached hydrogen (secondary N) is 2. The predicted molar refractivity (Wildman–Crippen MR) is 98.8 cm³/mol. The average Bonchev–Trinajstić information content (AvgIpc) is 2.55. The number of anilines is 2. The molecule has 2 aromatic rings. The maximum atomic E-state index is 12.7. The van der Waals surface area contributed by atoms with Gasteiger partial charge < -0.3 is 0 Å². The Morgan fingerprint density at radius 3 is 2.04 bits per heavy atom. The van der Waals surface area contributed by atoms with E-state index >= 15 is 0 Å². The predicted octanol–water partition coefficient (Wildman–Crippen LogP) is 2.74. The second kappa shape index (κ2) is 6.68. The molecule has 1 aliphatic rings. The summed E-state index contributed by atoms with van der Waals surface area (Å²) < 4.78 is 53.2. The first-order chi connectivity index (χ1) is 11.7. The van der Waals surface area contributed by atoms with E-state index in [1.165, 1.54) is 17.7 Å². The van der Waals surface area contributed by atoms with E-state index in [9.17, 15) is 16.8 Å². The van der Waals surface area contributed by atoms with Crippen LogP contribution in [0.25, 0.3) is 0 Å². The molecule has 0 radical (unpaired) electrons. The first kappa shape index (κ1) is 17.8. The molecule has 0 heterocycles. The number of sulfonamides is 2. The number of aryl methyl sites for hydroxylation is 2. The zero-order valence-electron chi connectivity index (χ0n) is 13.8. The van der Waals surface area contributed by atoms with Gasteiger partial charge in [-0.1, -0.05) is 18.2 Å². The summed E-state index contributed by atoms with van der Waals surface area (Å²) in [5.74, 6) is 0. The smallest absolute Gasteiger partial charge is 0.261 e. The van der Waals surface area contributed by atoms with Crippen molar-refractivity contribution in [1.82, 2.24) is 0 Å². The van der Waals surface area contributed by atoms with E-state index in [1.54, 1.807) is 24.3 Å². The number of fused-ring (bicyclic) bond motifs is 1. The maximum Gasteiger partial charge on any atom is 0.261 e. The first-order valence-electron chi connectivity index (χ1n) is 7.96. The van der Waals surface area contributed by atoms with Crippen LogP contribution in [-0.4, -0.2) is 23.1 Å². The second-order valence-corrected chi connectivity index (χ2v) is 9.59. The van der Waals surface area contributed by atoms with Gasteiger partial charge in [-0.25, -0.2) is 16.8 Å². The minimum atomic E-state index is -3.81. The van der Waals surface area contributed by atoms with E-state index in [0.717, 1.165) is 37.5 Å². The number of para-hydroxylation sites is 2. The molecule has 0 aliphatic heterocycles. The summed E-state index contributed by atoms with van der Waals surface area (Å²) in [5, 5.41) is 0. The molecular formula is C17H20N2O4S2. The molecule has 3 rings (SSSR count). The minimum absolute atomic E-state index is 0.183. The Bertz CT molecular complexity index is 999. The normalized spacial score (nSPS) is 14.6. The lowest BCUT2D eigenvalue weighted by Gasteiger charge is -2.17. The van der Waals surface area contributed by atoms with Gasteiger partial charge >= 0.3 is 0 Å². The fourth-order valence-corrected chi connectivity index (χ4v) is 4.65. The molecule has 25 heavy (non-hydrogen) atoms. The monoisotopic (exact) mass is 380 g/mol. The highest BCUT2D eigenvalue weighted by molar-refractivity contribution is 7.93. The number of rotatable bonds is 5. The molecule has 2 N–H and O–H groups in total. The van der Waals surface area contributed by atoms with E-state index in [1.807, 2.05) is 6.07 Å². The molecule has 0 saturated carbocycles. The Labute approximate surface area is 148 Å². The zero-order chi connectivity index (χ0) is 18.1. The van der Waals surface area contributed by atoms with E-state index in [2.05, 4.69) is 9.44 Å². The van der Waals surface area contributed by atoms with Crippen LogP contribution in [0.5, 0.6) is 0 Å². The van der Waals surface area contributed by atoms with Crippen LogP contribution in [0.15, 0.2) is 47.4 Å². The van der Waals surface area contributed by atoms with Crippen LogP contribution in [0.1, 0.15) is 24.0 Å². The van der Waals surface area contributed by atoms with E-state index in [4.69, 9.17) is 0 Å². The highest BCUT2D eigenvalue weighted by atomic mass is 32.2. The lowest BCUT2D eigenvalue weighted by Crippen LogP contribution is -2.17. The van der Waals surface area contributed by atoms with Gasteiger partial charge in [-0.2, -0.15) is 0 Å². The Kier molecular flexibility index (Phi) is 4.75. The van der Waals surface area contributed by atoms with E-state index in [-0.39, 0.29) is 16.3 Å². The van der Waals surface area contributed by atoms with Gasteiger partial charge in [0.15, 0.2) is 0 Å². The van der Waals surface area contributed by atoms with E-state index in [0.29, 0.717) is 0 Å². The van der Waals surface area contributed by atoms with Crippen LogP contribution >= 0.6 is 0 Å². The molecule has 6 nitrogen and oxygen atoms in total. The lowest BCUT2D eigenvalue weighted by atomic mass is 9.92. The number of hydrogen-bond donors (Lipinski definition) is 2. The molecule has 0 amide bonds.